The lowest BCUT2D eigenvalue weighted by Crippen LogP contribution is -2.45. The lowest BCUT2D eigenvalue weighted by Gasteiger charge is -2.40. The van der Waals surface area contributed by atoms with E-state index >= 15 is 0 Å². The number of carbonyl (C=O) groups is 2. The number of aliphatic hydroxyl groups is 2. The zero-order valence-corrected chi connectivity index (χ0v) is 21.3. The first-order valence-electron chi connectivity index (χ1n) is 12.9. The Balaban J connectivity index is 1.64. The molecule has 0 aliphatic carbocycles. The van der Waals surface area contributed by atoms with Crippen LogP contribution in [0.3, 0.4) is 0 Å². The molecule has 2 fully saturated rings. The molecule has 2 N–H and O–H groups in total. The van der Waals surface area contributed by atoms with Gasteiger partial charge >= 0.3 is 5.97 Å². The largest absolute Gasteiger partial charge is 0.462 e. The molecule has 2 aliphatic heterocycles. The zero-order chi connectivity index (χ0) is 25.3. The molecule has 0 bridgehead atoms. The van der Waals surface area contributed by atoms with Gasteiger partial charge < -0.3 is 24.7 Å². The minimum absolute atomic E-state index is 0.0571. The monoisotopic (exact) mass is 490 g/mol. The van der Waals surface area contributed by atoms with Gasteiger partial charge in [0.15, 0.2) is 0 Å². The van der Waals surface area contributed by atoms with Gasteiger partial charge in [0.05, 0.1) is 11.5 Å². The van der Waals surface area contributed by atoms with Crippen LogP contribution in [0, 0.1) is 5.41 Å². The van der Waals surface area contributed by atoms with Crippen molar-refractivity contribution in [3.8, 4) is 0 Å². The van der Waals surface area contributed by atoms with Gasteiger partial charge in [-0.3, -0.25) is 19.5 Å². The summed E-state index contributed by atoms with van der Waals surface area (Å²) in [6.45, 7) is 3.82. The molecule has 1 aromatic heterocycles. The van der Waals surface area contributed by atoms with E-state index in [1.165, 1.54) is 5.56 Å². The van der Waals surface area contributed by atoms with Crippen molar-refractivity contribution in [2.75, 3.05) is 53.4 Å². The number of piperidine rings is 1. The highest BCUT2D eigenvalue weighted by atomic mass is 16.5. The number of likely N-dealkylation sites (tertiary alicyclic amines) is 1. The van der Waals surface area contributed by atoms with Crippen LogP contribution in [-0.2, 0) is 20.9 Å². The van der Waals surface area contributed by atoms with E-state index in [1.807, 2.05) is 31.1 Å². The lowest BCUT2D eigenvalue weighted by molar-refractivity contribution is -0.165. The van der Waals surface area contributed by atoms with E-state index in [1.54, 1.807) is 17.3 Å². The summed E-state index contributed by atoms with van der Waals surface area (Å²) >= 11 is 0. The van der Waals surface area contributed by atoms with E-state index in [0.29, 0.717) is 45.3 Å². The number of ether oxygens (including phenoxy) is 1. The third-order valence-electron chi connectivity index (χ3n) is 7.38. The quantitative estimate of drug-likeness (QED) is 0.595. The van der Waals surface area contributed by atoms with Crippen LogP contribution in [0.4, 0.5) is 0 Å². The third-order valence-corrected chi connectivity index (χ3v) is 7.38. The predicted molar refractivity (Wildman–Crippen MR) is 132 cm³/mol. The summed E-state index contributed by atoms with van der Waals surface area (Å²) < 4.78 is 5.56. The Labute approximate surface area is 209 Å². The normalized spacial score (nSPS) is 24.9. The van der Waals surface area contributed by atoms with Gasteiger partial charge in [0, 0.05) is 45.0 Å². The summed E-state index contributed by atoms with van der Waals surface area (Å²) in [5.41, 5.74) is 0.609. The third kappa shape index (κ3) is 8.24. The van der Waals surface area contributed by atoms with Gasteiger partial charge in [-0.05, 0) is 77.0 Å². The number of carbonyl (C=O) groups excluding carboxylic acids is 2. The van der Waals surface area contributed by atoms with Gasteiger partial charge in [-0.25, -0.2) is 0 Å². The summed E-state index contributed by atoms with van der Waals surface area (Å²) in [4.78, 5) is 36.2. The Morgan fingerprint density at radius 3 is 2.49 bits per heavy atom. The van der Waals surface area contributed by atoms with Crippen LogP contribution in [0.2, 0.25) is 0 Å². The van der Waals surface area contributed by atoms with Crippen LogP contribution >= 0.6 is 0 Å². The SMILES string of the molecule is CN(C)CCC(=O)N1CCCCC2(CCN(Cc3ccncc3)CC2)C(=O)OC[C@@H](O)[C@@H](O)CC1. The molecule has 1 spiro atoms. The molecule has 0 aromatic carbocycles. The van der Waals surface area contributed by atoms with E-state index in [-0.39, 0.29) is 24.9 Å². The molecular formula is C26H42N4O5. The molecule has 3 heterocycles. The van der Waals surface area contributed by atoms with Crippen molar-refractivity contribution in [2.24, 2.45) is 5.41 Å². The second kappa shape index (κ2) is 13.3. The van der Waals surface area contributed by atoms with E-state index in [9.17, 15) is 19.8 Å². The molecule has 9 heteroatoms. The standard InChI is InChI=1S/C26H42N4O5/c1-28(2)15-8-24(33)30-14-4-3-9-26(25(34)35-20-23(32)22(31)7-16-30)10-17-29(18-11-26)19-21-5-12-27-13-6-21/h5-6,12-13,22-23,31-32H,3-4,7-11,14-20H2,1-2H3/t22-,23+/m0/s1. The summed E-state index contributed by atoms with van der Waals surface area (Å²) in [5.74, 6) is -0.216. The molecule has 0 saturated carbocycles. The van der Waals surface area contributed by atoms with Crippen molar-refractivity contribution in [1.29, 1.82) is 0 Å². The first-order chi connectivity index (χ1) is 16.8. The van der Waals surface area contributed by atoms with Crippen LogP contribution in [0.25, 0.3) is 0 Å². The predicted octanol–water partition coefficient (Wildman–Crippen LogP) is 1.28. The summed E-state index contributed by atoms with van der Waals surface area (Å²) in [5, 5.41) is 20.8. The zero-order valence-electron chi connectivity index (χ0n) is 21.3. The molecule has 0 unspecified atom stereocenters. The maximum atomic E-state index is 13.2. The highest BCUT2D eigenvalue weighted by Crippen LogP contribution is 2.38. The van der Waals surface area contributed by atoms with Crippen LogP contribution in [0.1, 0.15) is 50.5 Å². The smallest absolute Gasteiger partial charge is 0.312 e. The molecule has 35 heavy (non-hydrogen) atoms. The van der Waals surface area contributed by atoms with Crippen molar-refractivity contribution in [3.05, 3.63) is 30.1 Å². The van der Waals surface area contributed by atoms with Gasteiger partial charge in [0.25, 0.3) is 0 Å². The highest BCUT2D eigenvalue weighted by molar-refractivity contribution is 5.77. The molecule has 0 radical (unpaired) electrons. The topological polar surface area (TPSA) is 106 Å². The van der Waals surface area contributed by atoms with Gasteiger partial charge in [-0.1, -0.05) is 6.42 Å². The first kappa shape index (κ1) is 27.5. The molecule has 1 amide bonds. The molecular weight excluding hydrogens is 448 g/mol. The van der Waals surface area contributed by atoms with Gasteiger partial charge in [-0.2, -0.15) is 0 Å². The van der Waals surface area contributed by atoms with Crippen molar-refractivity contribution in [1.82, 2.24) is 19.7 Å². The molecule has 1 aromatic rings. The van der Waals surface area contributed by atoms with E-state index in [2.05, 4.69) is 9.88 Å². The number of cyclic esters (lactones) is 1. The number of amides is 1. The van der Waals surface area contributed by atoms with E-state index in [4.69, 9.17) is 4.74 Å². The summed E-state index contributed by atoms with van der Waals surface area (Å²) in [6, 6.07) is 4.02. The number of aromatic nitrogens is 1. The maximum Gasteiger partial charge on any atom is 0.312 e. The number of hydrogen-bond acceptors (Lipinski definition) is 8. The van der Waals surface area contributed by atoms with E-state index in [0.717, 1.165) is 32.5 Å². The fourth-order valence-electron chi connectivity index (χ4n) is 4.95. The highest BCUT2D eigenvalue weighted by Gasteiger charge is 2.42. The van der Waals surface area contributed by atoms with Crippen LogP contribution < -0.4 is 0 Å². The Bertz CT molecular complexity index is 798. The summed E-state index contributed by atoms with van der Waals surface area (Å²) in [7, 11) is 3.87. The van der Waals surface area contributed by atoms with Crippen LogP contribution in [-0.4, -0.2) is 107 Å². The molecule has 2 saturated heterocycles. The van der Waals surface area contributed by atoms with Crippen LogP contribution in [0.15, 0.2) is 24.5 Å². The van der Waals surface area contributed by atoms with Crippen molar-refractivity contribution in [2.45, 2.75) is 63.7 Å². The second-order valence-electron chi connectivity index (χ2n) is 10.3. The molecule has 2 atom stereocenters. The Kier molecular flexibility index (Phi) is 10.5. The molecule has 2 aliphatic rings. The minimum Gasteiger partial charge on any atom is -0.462 e. The Hall–Kier alpha value is -2.07. The van der Waals surface area contributed by atoms with Crippen molar-refractivity contribution in [3.63, 3.8) is 0 Å². The van der Waals surface area contributed by atoms with Crippen molar-refractivity contribution >= 4 is 11.9 Å². The minimum atomic E-state index is -1.16. The number of esters is 1. The average Bonchev–Trinajstić information content (AvgIpc) is 2.86. The second-order valence-corrected chi connectivity index (χ2v) is 10.3. The fraction of sp³-hybridized carbons (Fsp3) is 0.731. The van der Waals surface area contributed by atoms with Gasteiger partial charge in [-0.15, -0.1) is 0 Å². The number of rotatable bonds is 5. The number of pyridine rings is 1. The maximum absolute atomic E-state index is 13.2. The Morgan fingerprint density at radius 1 is 1.09 bits per heavy atom. The van der Waals surface area contributed by atoms with E-state index < -0.39 is 17.6 Å². The molecule has 196 valence electrons. The van der Waals surface area contributed by atoms with Crippen molar-refractivity contribution < 1.29 is 24.5 Å². The van der Waals surface area contributed by atoms with Crippen LogP contribution in [0.5, 0.6) is 0 Å². The average molecular weight is 491 g/mol. The number of aliphatic hydroxyl groups excluding tert-OH is 2. The number of hydrogen-bond donors (Lipinski definition) is 2. The van der Waals surface area contributed by atoms with Gasteiger partial charge in [0.1, 0.15) is 12.7 Å². The lowest BCUT2D eigenvalue weighted by atomic mass is 9.74. The fourth-order valence-corrected chi connectivity index (χ4v) is 4.95. The Morgan fingerprint density at radius 2 is 1.80 bits per heavy atom. The molecule has 9 nitrogen and oxygen atoms in total. The summed E-state index contributed by atoms with van der Waals surface area (Å²) in [6.07, 6.45) is 5.75. The van der Waals surface area contributed by atoms with Gasteiger partial charge in [0.2, 0.25) is 5.91 Å². The molecule has 3 rings (SSSR count). The number of nitrogens with zero attached hydrogens (tertiary/aromatic N) is 4. The first-order valence-corrected chi connectivity index (χ1v) is 12.9.